The van der Waals surface area contributed by atoms with Crippen molar-refractivity contribution in [3.8, 4) is 0 Å². The molecule has 0 aliphatic rings. The van der Waals surface area contributed by atoms with Crippen molar-refractivity contribution in [3.05, 3.63) is 59.0 Å². The molecule has 0 N–H and O–H groups in total. The van der Waals surface area contributed by atoms with E-state index in [0.717, 1.165) is 34.1 Å². The third-order valence-corrected chi connectivity index (χ3v) is 3.78. The van der Waals surface area contributed by atoms with Crippen LogP contribution in [0.15, 0.2) is 42.6 Å². The van der Waals surface area contributed by atoms with Crippen molar-refractivity contribution in [2.75, 3.05) is 13.7 Å². The van der Waals surface area contributed by atoms with Crippen LogP contribution < -0.4 is 0 Å². The SMILES string of the molecule is COCCn1c(Cc2ccccc2Cl)nc2cccnc21. The van der Waals surface area contributed by atoms with Crippen molar-refractivity contribution in [1.82, 2.24) is 14.5 Å². The first-order valence-corrected chi connectivity index (χ1v) is 7.20. The van der Waals surface area contributed by atoms with Gasteiger partial charge >= 0.3 is 0 Å². The Hall–Kier alpha value is -1.91. The lowest BCUT2D eigenvalue weighted by Gasteiger charge is -2.09. The number of benzene rings is 1. The Bertz CT molecular complexity index is 754. The van der Waals surface area contributed by atoms with Crippen LogP contribution in [0.3, 0.4) is 0 Å². The molecule has 2 heterocycles. The molecule has 3 rings (SSSR count). The summed E-state index contributed by atoms with van der Waals surface area (Å²) >= 11 is 6.25. The fourth-order valence-electron chi connectivity index (χ4n) is 2.37. The Balaban J connectivity index is 2.02. The zero-order valence-electron chi connectivity index (χ0n) is 11.8. The summed E-state index contributed by atoms with van der Waals surface area (Å²) in [5, 5.41) is 0.760. The number of hydrogen-bond acceptors (Lipinski definition) is 3. The van der Waals surface area contributed by atoms with E-state index in [1.54, 1.807) is 13.3 Å². The summed E-state index contributed by atoms with van der Waals surface area (Å²) in [5.41, 5.74) is 2.85. The lowest BCUT2D eigenvalue weighted by atomic mass is 10.1. The largest absolute Gasteiger partial charge is 0.383 e. The molecule has 0 fully saturated rings. The molecule has 0 aliphatic carbocycles. The predicted octanol–water partition coefficient (Wildman–Crippen LogP) is 3.32. The molecule has 0 spiro atoms. The third-order valence-electron chi connectivity index (χ3n) is 3.41. The normalized spacial score (nSPS) is 11.1. The Kier molecular flexibility index (Phi) is 4.18. The van der Waals surface area contributed by atoms with Gasteiger partial charge in [-0.25, -0.2) is 9.97 Å². The van der Waals surface area contributed by atoms with Crippen molar-refractivity contribution >= 4 is 22.8 Å². The van der Waals surface area contributed by atoms with Gasteiger partial charge < -0.3 is 9.30 Å². The summed E-state index contributed by atoms with van der Waals surface area (Å²) in [5.74, 6) is 0.953. The molecule has 108 valence electrons. The van der Waals surface area contributed by atoms with E-state index in [4.69, 9.17) is 16.3 Å². The van der Waals surface area contributed by atoms with Crippen LogP contribution in [0.4, 0.5) is 0 Å². The van der Waals surface area contributed by atoms with E-state index in [2.05, 4.69) is 14.5 Å². The maximum absolute atomic E-state index is 6.25. The first kappa shape index (κ1) is 14.0. The molecular weight excluding hydrogens is 286 g/mol. The number of fused-ring (bicyclic) bond motifs is 1. The van der Waals surface area contributed by atoms with Gasteiger partial charge in [-0.2, -0.15) is 0 Å². The Labute approximate surface area is 128 Å². The number of imidazole rings is 1. The molecule has 0 atom stereocenters. The number of halogens is 1. The van der Waals surface area contributed by atoms with E-state index in [1.165, 1.54) is 0 Å². The second kappa shape index (κ2) is 6.24. The molecule has 0 radical (unpaired) electrons. The number of rotatable bonds is 5. The van der Waals surface area contributed by atoms with Gasteiger partial charge in [0.05, 0.1) is 6.61 Å². The van der Waals surface area contributed by atoms with Gasteiger partial charge in [0, 0.05) is 31.3 Å². The van der Waals surface area contributed by atoms with Crippen molar-refractivity contribution < 1.29 is 4.74 Å². The van der Waals surface area contributed by atoms with Gasteiger partial charge in [-0.15, -0.1) is 0 Å². The molecular formula is C16H16ClN3O. The van der Waals surface area contributed by atoms with Crippen LogP contribution >= 0.6 is 11.6 Å². The highest BCUT2D eigenvalue weighted by atomic mass is 35.5. The maximum atomic E-state index is 6.25. The minimum Gasteiger partial charge on any atom is -0.383 e. The maximum Gasteiger partial charge on any atom is 0.160 e. The zero-order chi connectivity index (χ0) is 14.7. The molecule has 5 heteroatoms. The van der Waals surface area contributed by atoms with Crippen molar-refractivity contribution in [2.24, 2.45) is 0 Å². The highest BCUT2D eigenvalue weighted by molar-refractivity contribution is 6.31. The van der Waals surface area contributed by atoms with Crippen LogP contribution in [0.2, 0.25) is 5.02 Å². The lowest BCUT2D eigenvalue weighted by molar-refractivity contribution is 0.187. The number of hydrogen-bond donors (Lipinski definition) is 0. The van der Waals surface area contributed by atoms with Gasteiger partial charge in [-0.3, -0.25) is 0 Å². The number of ether oxygens (including phenoxy) is 1. The van der Waals surface area contributed by atoms with E-state index in [-0.39, 0.29) is 0 Å². The molecule has 0 bridgehead atoms. The Morgan fingerprint density at radius 1 is 1.19 bits per heavy atom. The second-order valence-corrected chi connectivity index (χ2v) is 5.19. The Morgan fingerprint density at radius 3 is 2.86 bits per heavy atom. The number of aromatic nitrogens is 3. The van der Waals surface area contributed by atoms with Crippen molar-refractivity contribution in [2.45, 2.75) is 13.0 Å². The van der Waals surface area contributed by atoms with Crippen molar-refractivity contribution in [3.63, 3.8) is 0 Å². The van der Waals surface area contributed by atoms with Crippen LogP contribution in [0, 0.1) is 0 Å². The molecule has 4 nitrogen and oxygen atoms in total. The van der Waals surface area contributed by atoms with Gasteiger partial charge in [-0.1, -0.05) is 29.8 Å². The summed E-state index contributed by atoms with van der Waals surface area (Å²) in [6.45, 7) is 1.35. The average molecular weight is 302 g/mol. The zero-order valence-corrected chi connectivity index (χ0v) is 12.5. The lowest BCUT2D eigenvalue weighted by Crippen LogP contribution is -2.09. The van der Waals surface area contributed by atoms with Crippen LogP contribution in [0.1, 0.15) is 11.4 Å². The van der Waals surface area contributed by atoms with E-state index >= 15 is 0 Å². The number of methoxy groups -OCH3 is 1. The molecule has 3 aromatic rings. The van der Waals surface area contributed by atoms with Crippen LogP contribution in [0.5, 0.6) is 0 Å². The molecule has 0 saturated heterocycles. The van der Waals surface area contributed by atoms with E-state index in [1.807, 2.05) is 36.4 Å². The molecule has 0 aliphatic heterocycles. The summed E-state index contributed by atoms with van der Waals surface area (Å²) in [7, 11) is 1.69. The quantitative estimate of drug-likeness (QED) is 0.726. The summed E-state index contributed by atoms with van der Waals surface area (Å²) in [4.78, 5) is 9.12. The van der Waals surface area contributed by atoms with Gasteiger partial charge in [-0.05, 0) is 23.8 Å². The smallest absolute Gasteiger partial charge is 0.160 e. The van der Waals surface area contributed by atoms with E-state index in [9.17, 15) is 0 Å². The van der Waals surface area contributed by atoms with Gasteiger partial charge in [0.1, 0.15) is 11.3 Å². The molecule has 1 aromatic carbocycles. The molecule has 0 saturated carbocycles. The summed E-state index contributed by atoms with van der Waals surface area (Å²) in [6, 6.07) is 11.7. The highest BCUT2D eigenvalue weighted by Gasteiger charge is 2.13. The van der Waals surface area contributed by atoms with E-state index in [0.29, 0.717) is 13.0 Å². The van der Waals surface area contributed by atoms with Gasteiger partial charge in [0.15, 0.2) is 5.65 Å². The van der Waals surface area contributed by atoms with Crippen molar-refractivity contribution in [1.29, 1.82) is 0 Å². The first-order valence-electron chi connectivity index (χ1n) is 6.82. The van der Waals surface area contributed by atoms with E-state index < -0.39 is 0 Å². The topological polar surface area (TPSA) is 39.9 Å². The summed E-state index contributed by atoms with van der Waals surface area (Å²) < 4.78 is 7.29. The number of pyridine rings is 1. The van der Waals surface area contributed by atoms with Gasteiger partial charge in [0.25, 0.3) is 0 Å². The average Bonchev–Trinajstić information content (AvgIpc) is 2.85. The molecule has 2 aromatic heterocycles. The van der Waals surface area contributed by atoms with Gasteiger partial charge in [0.2, 0.25) is 0 Å². The first-order chi connectivity index (χ1) is 10.3. The van der Waals surface area contributed by atoms with Crippen LogP contribution in [-0.4, -0.2) is 28.3 Å². The molecule has 21 heavy (non-hydrogen) atoms. The monoisotopic (exact) mass is 301 g/mol. The number of nitrogens with zero attached hydrogens (tertiary/aromatic N) is 3. The standard InChI is InChI=1S/C16H16ClN3O/c1-21-10-9-20-15(11-12-5-2-3-6-13(12)17)19-14-7-4-8-18-16(14)20/h2-8H,9-11H2,1H3. The fraction of sp³-hybridized carbons (Fsp3) is 0.250. The molecule has 0 amide bonds. The van der Waals surface area contributed by atoms with Crippen LogP contribution in [-0.2, 0) is 17.7 Å². The third kappa shape index (κ3) is 2.91. The Morgan fingerprint density at radius 2 is 2.05 bits per heavy atom. The second-order valence-electron chi connectivity index (χ2n) is 4.79. The minimum absolute atomic E-state index is 0.623. The predicted molar refractivity (Wildman–Crippen MR) is 83.7 cm³/mol. The molecule has 0 unspecified atom stereocenters. The fourth-order valence-corrected chi connectivity index (χ4v) is 2.57. The summed E-state index contributed by atoms with van der Waals surface area (Å²) in [6.07, 6.45) is 2.46. The minimum atomic E-state index is 0.623. The van der Waals surface area contributed by atoms with Crippen LogP contribution in [0.25, 0.3) is 11.2 Å². The highest BCUT2D eigenvalue weighted by Crippen LogP contribution is 2.21.